The SMILES string of the molecule is COCCOCCOCCOCCOCCOCCN1/C(=C/C=C2\CCCC(/C=C/C3=[N+](CCCCCC(=O)O)c4ccc(S(=O)(=O)O)cc4C3(C)CCCS(=O)(=O)O)=C2Cl)C(C)(CCCS(=O)(=O)O)c2cc(S(=O)(=O)O)ccc21. The molecule has 80 heavy (non-hydrogen) atoms. The van der Waals surface area contributed by atoms with Crippen molar-refractivity contribution in [2.45, 2.75) is 105 Å². The lowest BCUT2D eigenvalue weighted by Crippen LogP contribution is -2.32. The number of hydrogen-bond donors (Lipinski definition) is 5. The summed E-state index contributed by atoms with van der Waals surface area (Å²) in [7, 11) is -16.5. The molecule has 2 aromatic carbocycles. The van der Waals surface area contributed by atoms with Crippen molar-refractivity contribution < 1.29 is 94.8 Å². The first-order valence-corrected chi connectivity index (χ1v) is 32.8. The molecule has 3 aliphatic rings. The maximum Gasteiger partial charge on any atom is 0.303 e. The lowest BCUT2D eigenvalue weighted by Gasteiger charge is -2.30. The smallest absolute Gasteiger partial charge is 0.303 e. The van der Waals surface area contributed by atoms with Gasteiger partial charge in [-0.3, -0.25) is 23.0 Å². The molecule has 448 valence electrons. The first kappa shape index (κ1) is 66.8. The Labute approximate surface area is 475 Å². The van der Waals surface area contributed by atoms with Crippen molar-refractivity contribution in [1.29, 1.82) is 0 Å². The number of carboxylic acid groups (broad SMARTS) is 1. The molecule has 0 saturated carbocycles. The number of benzene rings is 2. The van der Waals surface area contributed by atoms with E-state index in [-0.39, 0.29) is 68.3 Å². The van der Waals surface area contributed by atoms with Crippen LogP contribution < -0.4 is 4.90 Å². The highest BCUT2D eigenvalue weighted by Gasteiger charge is 2.48. The van der Waals surface area contributed by atoms with Gasteiger partial charge in [-0.15, -0.1) is 0 Å². The van der Waals surface area contributed by atoms with Gasteiger partial charge in [0.15, 0.2) is 5.71 Å². The molecule has 22 nitrogen and oxygen atoms in total. The Morgan fingerprint density at radius 2 is 1.18 bits per heavy atom. The Kier molecular flexibility index (Phi) is 25.5. The predicted molar refractivity (Wildman–Crippen MR) is 300 cm³/mol. The number of anilines is 1. The average Bonchev–Trinajstić information content (AvgIpc) is 3.74. The van der Waals surface area contributed by atoms with Crippen LogP contribution >= 0.6 is 11.6 Å². The molecule has 5 rings (SSSR count). The second-order valence-electron chi connectivity index (χ2n) is 20.0. The number of unbranched alkanes of at least 4 members (excludes halogenated alkanes) is 2. The van der Waals surface area contributed by atoms with Gasteiger partial charge in [0.1, 0.15) is 6.54 Å². The van der Waals surface area contributed by atoms with E-state index in [1.807, 2.05) is 47.6 Å². The van der Waals surface area contributed by atoms with Gasteiger partial charge in [-0.2, -0.15) is 38.2 Å². The van der Waals surface area contributed by atoms with E-state index < -0.39 is 68.8 Å². The third-order valence-electron chi connectivity index (χ3n) is 14.2. The van der Waals surface area contributed by atoms with Crippen LogP contribution in [0, 0.1) is 0 Å². The summed E-state index contributed by atoms with van der Waals surface area (Å²) in [6, 6.07) is 8.38. The number of carbonyl (C=O) groups is 1. The Morgan fingerprint density at radius 1 is 0.650 bits per heavy atom. The zero-order valence-corrected chi connectivity index (χ0v) is 49.4. The Morgan fingerprint density at radius 3 is 1.71 bits per heavy atom. The number of allylic oxidation sites excluding steroid dienone is 8. The van der Waals surface area contributed by atoms with Crippen LogP contribution in [0.15, 0.2) is 92.4 Å². The summed E-state index contributed by atoms with van der Waals surface area (Å²) in [5.74, 6) is -2.08. The summed E-state index contributed by atoms with van der Waals surface area (Å²) in [4.78, 5) is 12.5. The summed E-state index contributed by atoms with van der Waals surface area (Å²) in [5.41, 5.74) is 2.70. The number of methoxy groups -OCH3 is 1. The van der Waals surface area contributed by atoms with E-state index in [4.69, 9.17) is 40.0 Å². The molecule has 0 saturated heterocycles. The molecule has 2 aliphatic heterocycles. The van der Waals surface area contributed by atoms with Crippen molar-refractivity contribution in [3.8, 4) is 0 Å². The minimum absolute atomic E-state index is 0.0194. The molecule has 2 unspecified atom stereocenters. The summed E-state index contributed by atoms with van der Waals surface area (Å²) in [6.07, 6.45) is 10.7. The Bertz CT molecular complexity index is 3090. The fraction of sp³-hybridized carbons (Fsp3) is 0.585. The maximum absolute atomic E-state index is 12.5. The van der Waals surface area contributed by atoms with Crippen molar-refractivity contribution in [3.05, 3.63) is 93.7 Å². The molecule has 2 aromatic rings. The lowest BCUT2D eigenvalue weighted by molar-refractivity contribution is -0.438. The van der Waals surface area contributed by atoms with Crippen LogP contribution in [0.4, 0.5) is 11.4 Å². The highest BCUT2D eigenvalue weighted by molar-refractivity contribution is 7.86. The molecule has 1 aliphatic carbocycles. The molecule has 0 amide bonds. The van der Waals surface area contributed by atoms with E-state index in [0.717, 1.165) is 11.1 Å². The highest BCUT2D eigenvalue weighted by atomic mass is 35.5. The molecule has 0 radical (unpaired) electrons. The van der Waals surface area contributed by atoms with Gasteiger partial charge in [0, 0.05) is 66.0 Å². The fourth-order valence-electron chi connectivity index (χ4n) is 10.2. The molecule has 0 fully saturated rings. The van der Waals surface area contributed by atoms with Crippen LogP contribution in [0.2, 0.25) is 0 Å². The molecule has 0 bridgehead atoms. The van der Waals surface area contributed by atoms with E-state index in [9.17, 15) is 61.8 Å². The van der Waals surface area contributed by atoms with Gasteiger partial charge in [0.2, 0.25) is 5.69 Å². The van der Waals surface area contributed by atoms with Gasteiger partial charge < -0.3 is 38.4 Å². The topological polar surface area (TPSA) is 316 Å². The third kappa shape index (κ3) is 19.9. The molecule has 0 spiro atoms. The van der Waals surface area contributed by atoms with E-state index in [1.54, 1.807) is 19.2 Å². The van der Waals surface area contributed by atoms with Crippen LogP contribution in [-0.2, 0) is 84.5 Å². The minimum Gasteiger partial charge on any atom is -0.481 e. The largest absolute Gasteiger partial charge is 0.481 e. The predicted octanol–water partition coefficient (Wildman–Crippen LogP) is 7.07. The number of fused-ring (bicyclic) bond motifs is 2. The van der Waals surface area contributed by atoms with Crippen molar-refractivity contribution in [3.63, 3.8) is 0 Å². The fourth-order valence-corrected chi connectivity index (χ4v) is 12.5. The van der Waals surface area contributed by atoms with Gasteiger partial charge in [-0.05, 0) is 125 Å². The van der Waals surface area contributed by atoms with E-state index in [2.05, 4.69) is 0 Å². The number of ether oxygens (including phenoxy) is 6. The van der Waals surface area contributed by atoms with Crippen LogP contribution in [0.5, 0.6) is 0 Å². The summed E-state index contributed by atoms with van der Waals surface area (Å²) in [6.45, 7) is 8.26. The highest BCUT2D eigenvalue weighted by Crippen LogP contribution is 2.52. The molecular weight excluding hydrogens is 1150 g/mol. The number of aliphatic carboxylic acids is 1. The zero-order valence-electron chi connectivity index (χ0n) is 45.4. The van der Waals surface area contributed by atoms with Crippen molar-refractivity contribution in [1.82, 2.24) is 0 Å². The molecule has 0 aromatic heterocycles. The standard InChI is InChI=1S/C53H75ClN2O20S4/c1-52(21-8-36-77(59,60)61)44-38-42(79(65,66)67)15-17-46(44)55(23-6-4-5-12-50(57)58)48(52)19-13-40-10-7-11-41(51(40)54)14-20-49-53(2,22-9-37-78(62,63)64)45-39-43(80(68,69)70)16-18-47(45)56(49)24-25-72-28-29-74-32-33-76-35-34-75-31-30-73-27-26-71-3/h13-20,38-39H,4-12,21-37H2,1-3H3,(H4-,57,58,59,60,61,62,63,64,65,66,67,68,69,70)/p+1. The minimum atomic E-state index is -4.68. The van der Waals surface area contributed by atoms with Gasteiger partial charge in [0.25, 0.3) is 40.5 Å². The molecular formula is C53H76ClN2O20S4+. The van der Waals surface area contributed by atoms with Crippen molar-refractivity contribution in [2.75, 3.05) is 109 Å². The van der Waals surface area contributed by atoms with Crippen LogP contribution in [0.25, 0.3) is 0 Å². The van der Waals surface area contributed by atoms with Crippen molar-refractivity contribution in [2.24, 2.45) is 0 Å². The Balaban J connectivity index is 1.45. The van der Waals surface area contributed by atoms with E-state index >= 15 is 0 Å². The van der Waals surface area contributed by atoms with Crippen LogP contribution in [-0.4, -0.2) is 178 Å². The summed E-state index contributed by atoms with van der Waals surface area (Å²) < 4.78 is 172. The number of nitrogens with zero attached hydrogens (tertiary/aromatic N) is 2. The molecule has 2 heterocycles. The lowest BCUT2D eigenvalue weighted by atomic mass is 9.75. The van der Waals surface area contributed by atoms with Gasteiger partial charge in [-0.25, -0.2) is 0 Å². The zero-order chi connectivity index (χ0) is 58.8. The number of carboxylic acids is 1. The molecule has 2 atom stereocenters. The summed E-state index contributed by atoms with van der Waals surface area (Å²) in [5, 5.41) is 9.66. The van der Waals surface area contributed by atoms with Gasteiger partial charge >= 0.3 is 5.97 Å². The first-order valence-electron chi connectivity index (χ1n) is 26.3. The van der Waals surface area contributed by atoms with Crippen molar-refractivity contribution >= 4 is 75.1 Å². The van der Waals surface area contributed by atoms with Crippen LogP contribution in [0.3, 0.4) is 0 Å². The normalized spacial score (nSPS) is 20.0. The first-order chi connectivity index (χ1) is 37.7. The number of halogens is 1. The third-order valence-corrected chi connectivity index (χ3v) is 18.0. The van der Waals surface area contributed by atoms with Gasteiger partial charge in [0.05, 0.1) is 99.4 Å². The monoisotopic (exact) mass is 1220 g/mol. The quantitative estimate of drug-likeness (QED) is 0.0257. The molecule has 5 N–H and O–H groups in total. The second kappa shape index (κ2) is 30.5. The number of hydrogen-bond acceptors (Lipinski definition) is 16. The summed E-state index contributed by atoms with van der Waals surface area (Å²) >= 11 is 7.30. The van der Waals surface area contributed by atoms with E-state index in [1.165, 1.54) is 24.3 Å². The van der Waals surface area contributed by atoms with E-state index in [0.29, 0.717) is 137 Å². The maximum atomic E-state index is 12.5. The van der Waals surface area contributed by atoms with Gasteiger partial charge in [-0.1, -0.05) is 23.8 Å². The average molecular weight is 1220 g/mol. The second-order valence-corrected chi connectivity index (χ2v) is 26.3. The van der Waals surface area contributed by atoms with Crippen LogP contribution in [0.1, 0.15) is 95.6 Å². The Hall–Kier alpha value is -3.97. The number of rotatable bonds is 37. The molecule has 27 heteroatoms.